The number of ether oxygens (including phenoxy) is 1. The molecule has 10 nitrogen and oxygen atoms in total. The van der Waals surface area contributed by atoms with Crippen molar-refractivity contribution < 1.29 is 36.8 Å². The number of nitrogens with zero attached hydrogens (tertiary/aromatic N) is 1. The van der Waals surface area contributed by atoms with Crippen molar-refractivity contribution in [3.8, 4) is 0 Å². The first-order chi connectivity index (χ1) is 15.5. The van der Waals surface area contributed by atoms with E-state index in [2.05, 4.69) is 0 Å². The summed E-state index contributed by atoms with van der Waals surface area (Å²) in [6, 6.07) is 4.74. The largest absolute Gasteiger partial charge is 0.475 e. The molecule has 33 heavy (non-hydrogen) atoms. The number of hydrogen-bond acceptors (Lipinski definition) is 8. The molecule has 0 radical (unpaired) electrons. The van der Waals surface area contributed by atoms with Crippen molar-refractivity contribution >= 4 is 19.4 Å². The molecule has 1 aromatic carbocycles. The van der Waals surface area contributed by atoms with Gasteiger partial charge in [0.15, 0.2) is 11.9 Å². The van der Waals surface area contributed by atoms with E-state index in [1.54, 1.807) is 0 Å². The first-order valence-electron chi connectivity index (χ1n) is 9.86. The third-order valence-corrected chi connectivity index (χ3v) is 7.06. The van der Waals surface area contributed by atoms with Crippen LogP contribution in [0.2, 0.25) is 5.02 Å². The molecule has 180 valence electrons. The lowest BCUT2D eigenvalue weighted by Crippen LogP contribution is -2.43. The molecular weight excluding hydrogens is 489 g/mol. The van der Waals surface area contributed by atoms with E-state index in [4.69, 9.17) is 29.9 Å². The summed E-state index contributed by atoms with van der Waals surface area (Å²) >= 11 is 5.86. The molecule has 2 fully saturated rings. The Labute approximate surface area is 190 Å². The highest BCUT2D eigenvalue weighted by Gasteiger charge is 2.56. The van der Waals surface area contributed by atoms with Gasteiger partial charge in [-0.25, -0.2) is 18.1 Å². The maximum atomic E-state index is 15.2. The molecule has 2 aromatic rings. The van der Waals surface area contributed by atoms with Crippen molar-refractivity contribution in [2.75, 3.05) is 13.2 Å². The van der Waals surface area contributed by atoms with Crippen LogP contribution in [0.5, 0.6) is 0 Å². The summed E-state index contributed by atoms with van der Waals surface area (Å²) in [6.07, 6.45) is -4.30. The van der Waals surface area contributed by atoms with Gasteiger partial charge in [-0.15, -0.1) is 0 Å². The number of phosphoric ester groups is 1. The number of aromatic nitrogens is 2. The minimum absolute atomic E-state index is 0.0413. The zero-order chi connectivity index (χ0) is 24.0. The molecule has 0 spiro atoms. The zero-order valence-electron chi connectivity index (χ0n) is 17.2. The highest BCUT2D eigenvalue weighted by Crippen LogP contribution is 2.57. The summed E-state index contributed by atoms with van der Waals surface area (Å²) < 4.78 is 63.9. The normalized spacial score (nSPS) is 34.5. The van der Waals surface area contributed by atoms with Crippen molar-refractivity contribution in [1.82, 2.24) is 9.55 Å². The van der Waals surface area contributed by atoms with Gasteiger partial charge in [0.1, 0.15) is 18.0 Å². The van der Waals surface area contributed by atoms with Gasteiger partial charge in [-0.3, -0.25) is 27.9 Å². The molecule has 0 bridgehead atoms. The Morgan fingerprint density at radius 1 is 1.39 bits per heavy atom. The average Bonchev–Trinajstić information content (AvgIpc) is 2.95. The van der Waals surface area contributed by atoms with Crippen molar-refractivity contribution in [1.29, 1.82) is 0 Å². The number of phosphoric acid groups is 1. The predicted molar refractivity (Wildman–Crippen MR) is 110 cm³/mol. The quantitative estimate of drug-likeness (QED) is 0.590. The Bertz CT molecular complexity index is 1180. The van der Waals surface area contributed by atoms with Gasteiger partial charge < -0.3 is 9.84 Å². The van der Waals surface area contributed by atoms with Gasteiger partial charge in [0.05, 0.1) is 19.3 Å². The van der Waals surface area contributed by atoms with Crippen LogP contribution >= 0.6 is 19.4 Å². The van der Waals surface area contributed by atoms with E-state index in [0.717, 1.165) is 29.8 Å². The van der Waals surface area contributed by atoms with E-state index in [1.165, 1.54) is 12.1 Å². The summed E-state index contributed by atoms with van der Waals surface area (Å²) in [5, 5.41) is 10.5. The van der Waals surface area contributed by atoms with Crippen LogP contribution in [0.4, 0.5) is 8.78 Å². The summed E-state index contributed by atoms with van der Waals surface area (Å²) in [5.41, 5.74) is -3.75. The average molecular weight is 509 g/mol. The number of hydrogen-bond donors (Lipinski definition) is 2. The monoisotopic (exact) mass is 508 g/mol. The summed E-state index contributed by atoms with van der Waals surface area (Å²) in [6.45, 7) is 0.364. The molecule has 2 aliphatic rings. The molecule has 6 atom stereocenters. The first kappa shape index (κ1) is 24.2. The number of aliphatic hydroxyl groups excluding tert-OH is 1. The van der Waals surface area contributed by atoms with E-state index in [1.807, 2.05) is 4.98 Å². The molecule has 0 unspecified atom stereocenters. The lowest BCUT2D eigenvalue weighted by atomic mass is 9.98. The molecule has 2 N–H and O–H groups in total. The summed E-state index contributed by atoms with van der Waals surface area (Å²) in [5.74, 6) is -0.600. The number of H-pyrrole nitrogens is 1. The van der Waals surface area contributed by atoms with Crippen LogP contribution in [0.1, 0.15) is 31.2 Å². The van der Waals surface area contributed by atoms with Crippen LogP contribution < -0.4 is 11.2 Å². The Kier molecular flexibility index (Phi) is 6.62. The van der Waals surface area contributed by atoms with Gasteiger partial charge in [0.2, 0.25) is 0 Å². The van der Waals surface area contributed by atoms with Gasteiger partial charge in [-0.1, -0.05) is 11.6 Å². The molecular formula is C19H20ClF2N2O8P. The number of benzene rings is 1. The smallest absolute Gasteiger partial charge is 0.387 e. The molecule has 1 aromatic heterocycles. The second-order valence-corrected chi connectivity index (χ2v) is 9.86. The minimum Gasteiger partial charge on any atom is -0.387 e. The van der Waals surface area contributed by atoms with Crippen molar-refractivity contribution in [3.63, 3.8) is 0 Å². The van der Waals surface area contributed by atoms with Crippen LogP contribution in [0.15, 0.2) is 40.1 Å². The van der Waals surface area contributed by atoms with Gasteiger partial charge in [0, 0.05) is 23.7 Å². The SMILES string of the molecule is C[C@@]1(F)[C@H](O)[C@@H](CO[P@]2(=O)OCC[C@@H](c3cc(F)cc(Cl)c3)O2)O[C@H]1n1ccc(=O)[nH]c1=O. The molecule has 0 aliphatic carbocycles. The van der Waals surface area contributed by atoms with Crippen LogP contribution in [-0.4, -0.2) is 45.7 Å². The highest BCUT2D eigenvalue weighted by atomic mass is 35.5. The number of halogens is 3. The van der Waals surface area contributed by atoms with E-state index >= 15 is 4.39 Å². The second-order valence-electron chi connectivity index (χ2n) is 7.80. The number of nitrogens with one attached hydrogen (secondary N) is 1. The molecule has 3 heterocycles. The maximum Gasteiger partial charge on any atom is 0.475 e. The molecule has 0 saturated carbocycles. The number of alkyl halides is 1. The standard InChI is InChI=1S/C19H20ClF2N2O8P/c1-19(22)16(26)14(31-17(19)24-4-2-15(25)23-18(24)27)9-30-33(28)29-5-3-13(32-33)10-6-11(20)8-12(21)7-10/h2,4,6-8,13-14,16-17,26H,3,5,9H2,1H3,(H,23,25,27)/t13-,14+,16+,17+,19+,33-/m0/s1. The van der Waals surface area contributed by atoms with Crippen molar-refractivity contribution in [3.05, 3.63) is 67.7 Å². The van der Waals surface area contributed by atoms with Gasteiger partial charge in [0.25, 0.3) is 5.56 Å². The third kappa shape index (κ3) is 4.97. The molecule has 0 amide bonds. The van der Waals surface area contributed by atoms with Gasteiger partial charge in [-0.2, -0.15) is 0 Å². The van der Waals surface area contributed by atoms with Crippen LogP contribution in [-0.2, 0) is 22.9 Å². The molecule has 14 heteroatoms. The molecule has 2 aliphatic heterocycles. The van der Waals surface area contributed by atoms with E-state index in [0.29, 0.717) is 5.56 Å². The van der Waals surface area contributed by atoms with Gasteiger partial charge >= 0.3 is 13.5 Å². The Balaban J connectivity index is 1.47. The fourth-order valence-electron chi connectivity index (χ4n) is 3.69. The van der Waals surface area contributed by atoms with Crippen LogP contribution in [0.25, 0.3) is 0 Å². The Hall–Kier alpha value is -1.92. The summed E-state index contributed by atoms with van der Waals surface area (Å²) in [7, 11) is -4.19. The fourth-order valence-corrected chi connectivity index (χ4v) is 5.32. The van der Waals surface area contributed by atoms with E-state index in [9.17, 15) is 23.7 Å². The first-order valence-corrected chi connectivity index (χ1v) is 11.7. The Morgan fingerprint density at radius 3 is 2.85 bits per heavy atom. The lowest BCUT2D eigenvalue weighted by Gasteiger charge is -2.30. The number of aliphatic hydroxyl groups is 1. The van der Waals surface area contributed by atoms with E-state index in [-0.39, 0.29) is 18.1 Å². The summed E-state index contributed by atoms with van der Waals surface area (Å²) in [4.78, 5) is 25.3. The molecule has 4 rings (SSSR count). The number of rotatable bonds is 5. The lowest BCUT2D eigenvalue weighted by molar-refractivity contribution is -0.0654. The van der Waals surface area contributed by atoms with Crippen LogP contribution in [0.3, 0.4) is 0 Å². The van der Waals surface area contributed by atoms with Gasteiger partial charge in [-0.05, 0) is 30.7 Å². The maximum absolute atomic E-state index is 15.2. The minimum atomic E-state index is -4.19. The Morgan fingerprint density at radius 2 is 2.15 bits per heavy atom. The number of aromatic amines is 1. The topological polar surface area (TPSA) is 129 Å². The van der Waals surface area contributed by atoms with E-state index < -0.39 is 61.7 Å². The highest BCUT2D eigenvalue weighted by molar-refractivity contribution is 7.48. The molecule has 2 saturated heterocycles. The van der Waals surface area contributed by atoms with Crippen molar-refractivity contribution in [2.45, 2.75) is 43.6 Å². The second kappa shape index (κ2) is 9.03. The fraction of sp³-hybridized carbons (Fsp3) is 0.474. The zero-order valence-corrected chi connectivity index (χ0v) is 18.8. The third-order valence-electron chi connectivity index (χ3n) is 5.36. The van der Waals surface area contributed by atoms with Crippen molar-refractivity contribution in [2.24, 2.45) is 0 Å². The predicted octanol–water partition coefficient (Wildman–Crippen LogP) is 2.62. The van der Waals surface area contributed by atoms with Crippen LogP contribution in [0, 0.1) is 5.82 Å².